The maximum Gasteiger partial charge on any atom is 0.119 e. The van der Waals surface area contributed by atoms with Gasteiger partial charge in [-0.05, 0) is 24.6 Å². The second-order valence-corrected chi connectivity index (χ2v) is 5.19. The standard InChI is InChI=1S/C13H19NOS/c1-2-15-13-5-3-12(4-6-13)11-14-7-9-16-10-8-14/h3-6H,2,7-11H2,1H3. The zero-order chi connectivity index (χ0) is 11.2. The number of benzene rings is 1. The van der Waals surface area contributed by atoms with Crippen LogP contribution in [0.1, 0.15) is 12.5 Å². The molecule has 0 spiro atoms. The molecule has 1 aliphatic heterocycles. The predicted molar refractivity (Wildman–Crippen MR) is 70.2 cm³/mol. The predicted octanol–water partition coefficient (Wildman–Crippen LogP) is 2.63. The van der Waals surface area contributed by atoms with Gasteiger partial charge in [0, 0.05) is 31.1 Å². The monoisotopic (exact) mass is 237 g/mol. The van der Waals surface area contributed by atoms with Crippen LogP contribution in [0.4, 0.5) is 0 Å². The maximum atomic E-state index is 5.43. The van der Waals surface area contributed by atoms with E-state index in [0.29, 0.717) is 0 Å². The molecule has 2 rings (SSSR count). The van der Waals surface area contributed by atoms with Crippen LogP contribution in [0.3, 0.4) is 0 Å². The summed E-state index contributed by atoms with van der Waals surface area (Å²) in [5.41, 5.74) is 1.38. The SMILES string of the molecule is CCOc1ccc(CN2CCSCC2)cc1. The van der Waals surface area contributed by atoms with Gasteiger partial charge in [-0.2, -0.15) is 11.8 Å². The summed E-state index contributed by atoms with van der Waals surface area (Å²) in [4.78, 5) is 2.52. The van der Waals surface area contributed by atoms with Crippen molar-refractivity contribution in [1.29, 1.82) is 0 Å². The molecule has 1 aromatic carbocycles. The van der Waals surface area contributed by atoms with Crippen molar-refractivity contribution in [3.05, 3.63) is 29.8 Å². The Hall–Kier alpha value is -0.670. The number of hydrogen-bond donors (Lipinski definition) is 0. The van der Waals surface area contributed by atoms with Gasteiger partial charge in [0.05, 0.1) is 6.61 Å². The largest absolute Gasteiger partial charge is 0.494 e. The Morgan fingerprint density at radius 1 is 1.19 bits per heavy atom. The Bertz CT molecular complexity index is 306. The van der Waals surface area contributed by atoms with E-state index >= 15 is 0 Å². The lowest BCUT2D eigenvalue weighted by molar-refractivity contribution is 0.294. The van der Waals surface area contributed by atoms with Crippen LogP contribution in [-0.2, 0) is 6.54 Å². The van der Waals surface area contributed by atoms with Crippen LogP contribution in [0.2, 0.25) is 0 Å². The Labute approximate surface area is 102 Å². The zero-order valence-electron chi connectivity index (χ0n) is 9.82. The first-order chi connectivity index (χ1) is 7.88. The van der Waals surface area contributed by atoms with Crippen LogP contribution in [-0.4, -0.2) is 36.1 Å². The molecule has 16 heavy (non-hydrogen) atoms. The quantitative estimate of drug-likeness (QED) is 0.799. The minimum atomic E-state index is 0.739. The van der Waals surface area contributed by atoms with Gasteiger partial charge in [0.15, 0.2) is 0 Å². The van der Waals surface area contributed by atoms with E-state index in [-0.39, 0.29) is 0 Å². The molecule has 0 aromatic heterocycles. The first-order valence-electron chi connectivity index (χ1n) is 5.90. The molecule has 88 valence electrons. The van der Waals surface area contributed by atoms with Crippen LogP contribution >= 0.6 is 11.8 Å². The van der Waals surface area contributed by atoms with Crippen molar-refractivity contribution < 1.29 is 4.74 Å². The van der Waals surface area contributed by atoms with Crippen LogP contribution < -0.4 is 4.74 Å². The van der Waals surface area contributed by atoms with Gasteiger partial charge in [-0.15, -0.1) is 0 Å². The summed E-state index contributed by atoms with van der Waals surface area (Å²) in [6, 6.07) is 8.48. The zero-order valence-corrected chi connectivity index (χ0v) is 10.6. The summed E-state index contributed by atoms with van der Waals surface area (Å²) >= 11 is 2.06. The van der Waals surface area contributed by atoms with E-state index in [1.165, 1.54) is 30.2 Å². The van der Waals surface area contributed by atoms with Crippen molar-refractivity contribution in [3.8, 4) is 5.75 Å². The summed E-state index contributed by atoms with van der Waals surface area (Å²) in [7, 11) is 0. The van der Waals surface area contributed by atoms with Gasteiger partial charge >= 0.3 is 0 Å². The third-order valence-electron chi connectivity index (χ3n) is 2.74. The molecule has 0 aliphatic carbocycles. The molecule has 2 nitrogen and oxygen atoms in total. The molecule has 1 saturated heterocycles. The minimum Gasteiger partial charge on any atom is -0.494 e. The number of nitrogens with zero attached hydrogens (tertiary/aromatic N) is 1. The van der Waals surface area contributed by atoms with Crippen molar-refractivity contribution in [1.82, 2.24) is 4.90 Å². The lowest BCUT2D eigenvalue weighted by Gasteiger charge is -2.26. The third kappa shape index (κ3) is 3.42. The Balaban J connectivity index is 1.88. The van der Waals surface area contributed by atoms with E-state index in [4.69, 9.17) is 4.74 Å². The molecule has 0 N–H and O–H groups in total. The van der Waals surface area contributed by atoms with Crippen molar-refractivity contribution >= 4 is 11.8 Å². The van der Waals surface area contributed by atoms with Crippen LogP contribution in [0, 0.1) is 0 Å². The first kappa shape index (κ1) is 11.8. The van der Waals surface area contributed by atoms with Crippen molar-refractivity contribution in [2.24, 2.45) is 0 Å². The molecule has 0 unspecified atom stereocenters. The first-order valence-corrected chi connectivity index (χ1v) is 7.06. The highest BCUT2D eigenvalue weighted by molar-refractivity contribution is 7.99. The molecule has 1 aliphatic rings. The van der Waals surface area contributed by atoms with E-state index in [9.17, 15) is 0 Å². The number of hydrogen-bond acceptors (Lipinski definition) is 3. The number of ether oxygens (including phenoxy) is 1. The van der Waals surface area contributed by atoms with Crippen molar-refractivity contribution in [2.45, 2.75) is 13.5 Å². The fraction of sp³-hybridized carbons (Fsp3) is 0.538. The van der Waals surface area contributed by atoms with Gasteiger partial charge in [-0.1, -0.05) is 12.1 Å². The highest BCUT2D eigenvalue weighted by atomic mass is 32.2. The fourth-order valence-corrected chi connectivity index (χ4v) is 2.85. The topological polar surface area (TPSA) is 12.5 Å². The average molecular weight is 237 g/mol. The second kappa shape index (κ2) is 6.16. The highest BCUT2D eigenvalue weighted by Crippen LogP contribution is 2.16. The summed E-state index contributed by atoms with van der Waals surface area (Å²) in [6.07, 6.45) is 0. The lowest BCUT2D eigenvalue weighted by Crippen LogP contribution is -2.31. The number of thioether (sulfide) groups is 1. The van der Waals surface area contributed by atoms with E-state index in [1.54, 1.807) is 0 Å². The number of rotatable bonds is 4. The molecular formula is C13H19NOS. The molecule has 0 atom stereocenters. The van der Waals surface area contributed by atoms with E-state index in [2.05, 4.69) is 40.9 Å². The van der Waals surface area contributed by atoms with Crippen LogP contribution in [0.25, 0.3) is 0 Å². The molecule has 0 radical (unpaired) electrons. The fourth-order valence-electron chi connectivity index (χ4n) is 1.88. The van der Waals surface area contributed by atoms with Crippen LogP contribution in [0.15, 0.2) is 24.3 Å². The molecule has 0 bridgehead atoms. The molecular weight excluding hydrogens is 218 g/mol. The van der Waals surface area contributed by atoms with Gasteiger partial charge in [0.1, 0.15) is 5.75 Å². The van der Waals surface area contributed by atoms with Crippen molar-refractivity contribution in [2.75, 3.05) is 31.2 Å². The summed E-state index contributed by atoms with van der Waals surface area (Å²) in [6.45, 7) is 6.27. The summed E-state index contributed by atoms with van der Waals surface area (Å²) in [5.74, 6) is 3.52. The molecule has 1 fully saturated rings. The van der Waals surface area contributed by atoms with E-state index < -0.39 is 0 Å². The Morgan fingerprint density at radius 2 is 1.88 bits per heavy atom. The molecule has 0 saturated carbocycles. The van der Waals surface area contributed by atoms with Gasteiger partial charge in [0.2, 0.25) is 0 Å². The van der Waals surface area contributed by atoms with Gasteiger partial charge in [-0.25, -0.2) is 0 Å². The lowest BCUT2D eigenvalue weighted by atomic mass is 10.2. The Morgan fingerprint density at radius 3 is 2.50 bits per heavy atom. The van der Waals surface area contributed by atoms with E-state index in [1.807, 2.05) is 6.92 Å². The smallest absolute Gasteiger partial charge is 0.119 e. The highest BCUT2D eigenvalue weighted by Gasteiger charge is 2.10. The maximum absolute atomic E-state index is 5.43. The summed E-state index contributed by atoms with van der Waals surface area (Å²) in [5, 5.41) is 0. The average Bonchev–Trinajstić information content (AvgIpc) is 2.33. The normalized spacial score (nSPS) is 17.3. The van der Waals surface area contributed by atoms with Gasteiger partial charge < -0.3 is 4.74 Å². The molecule has 0 amide bonds. The van der Waals surface area contributed by atoms with E-state index in [0.717, 1.165) is 18.9 Å². The van der Waals surface area contributed by atoms with Gasteiger partial charge in [-0.3, -0.25) is 4.90 Å². The van der Waals surface area contributed by atoms with Crippen LogP contribution in [0.5, 0.6) is 5.75 Å². The molecule has 1 heterocycles. The molecule has 3 heteroatoms. The third-order valence-corrected chi connectivity index (χ3v) is 3.69. The second-order valence-electron chi connectivity index (χ2n) is 3.97. The minimum absolute atomic E-state index is 0.739. The van der Waals surface area contributed by atoms with Crippen molar-refractivity contribution in [3.63, 3.8) is 0 Å². The Kier molecular flexibility index (Phi) is 4.55. The summed E-state index contributed by atoms with van der Waals surface area (Å²) < 4.78 is 5.43. The van der Waals surface area contributed by atoms with Gasteiger partial charge in [0.25, 0.3) is 0 Å². The molecule has 1 aromatic rings.